The fraction of sp³-hybridized carbons (Fsp3) is 0.611. The second-order valence-electron chi connectivity index (χ2n) is 6.82. The molecular weight excluding hydrogens is 292 g/mol. The third-order valence-electron chi connectivity index (χ3n) is 4.47. The number of likely N-dealkylation sites (tertiary alicyclic amines) is 1. The van der Waals surface area contributed by atoms with Gasteiger partial charge in [-0.25, -0.2) is 4.79 Å². The SMILES string of the molecule is COc1ccc(C(C)(C)NC(=O)N2CCCC(C)C2)cc1OC. The monoisotopic (exact) mass is 320 g/mol. The summed E-state index contributed by atoms with van der Waals surface area (Å²) >= 11 is 0. The Labute approximate surface area is 139 Å². The lowest BCUT2D eigenvalue weighted by molar-refractivity contribution is 0.160. The quantitative estimate of drug-likeness (QED) is 0.925. The van der Waals surface area contributed by atoms with Gasteiger partial charge in [-0.2, -0.15) is 0 Å². The predicted octanol–water partition coefficient (Wildman–Crippen LogP) is 3.38. The van der Waals surface area contributed by atoms with Gasteiger partial charge in [0.05, 0.1) is 19.8 Å². The summed E-state index contributed by atoms with van der Waals surface area (Å²) in [5.41, 5.74) is 0.491. The molecule has 1 heterocycles. The van der Waals surface area contributed by atoms with Gasteiger partial charge in [-0.05, 0) is 50.3 Å². The Morgan fingerprint density at radius 3 is 2.57 bits per heavy atom. The molecule has 1 saturated heterocycles. The zero-order chi connectivity index (χ0) is 17.0. The van der Waals surface area contributed by atoms with Crippen LogP contribution in [0.1, 0.15) is 39.2 Å². The third-order valence-corrected chi connectivity index (χ3v) is 4.47. The third kappa shape index (κ3) is 4.09. The molecule has 1 N–H and O–H groups in total. The number of amides is 2. The van der Waals surface area contributed by atoms with Gasteiger partial charge < -0.3 is 19.7 Å². The van der Waals surface area contributed by atoms with E-state index in [2.05, 4.69) is 12.2 Å². The predicted molar refractivity (Wildman–Crippen MR) is 91.1 cm³/mol. The Kier molecular flexibility index (Phi) is 5.39. The molecular formula is C18H28N2O3. The van der Waals surface area contributed by atoms with E-state index in [0.29, 0.717) is 17.4 Å². The van der Waals surface area contributed by atoms with Crippen molar-refractivity contribution >= 4 is 6.03 Å². The summed E-state index contributed by atoms with van der Waals surface area (Å²) in [6.45, 7) is 7.85. The maximum atomic E-state index is 12.6. The summed E-state index contributed by atoms with van der Waals surface area (Å²) in [4.78, 5) is 14.5. The molecule has 0 aliphatic carbocycles. The van der Waals surface area contributed by atoms with Gasteiger partial charge in [0.2, 0.25) is 0 Å². The van der Waals surface area contributed by atoms with E-state index in [1.807, 2.05) is 36.9 Å². The number of hydrogen-bond acceptors (Lipinski definition) is 3. The zero-order valence-corrected chi connectivity index (χ0v) is 14.8. The van der Waals surface area contributed by atoms with Crippen LogP contribution in [0, 0.1) is 5.92 Å². The second-order valence-corrected chi connectivity index (χ2v) is 6.82. The van der Waals surface area contributed by atoms with Gasteiger partial charge in [0.1, 0.15) is 0 Å². The molecule has 0 aromatic heterocycles. The van der Waals surface area contributed by atoms with E-state index >= 15 is 0 Å². The van der Waals surface area contributed by atoms with Crippen molar-refractivity contribution in [2.24, 2.45) is 5.92 Å². The Morgan fingerprint density at radius 2 is 1.96 bits per heavy atom. The normalized spacial score (nSPS) is 18.5. The van der Waals surface area contributed by atoms with Crippen LogP contribution in [-0.4, -0.2) is 38.2 Å². The molecule has 5 nitrogen and oxygen atoms in total. The molecule has 0 radical (unpaired) electrons. The molecule has 2 amide bonds. The molecule has 1 fully saturated rings. The molecule has 0 bridgehead atoms. The minimum Gasteiger partial charge on any atom is -0.493 e. The van der Waals surface area contributed by atoms with E-state index in [1.165, 1.54) is 6.42 Å². The summed E-state index contributed by atoms with van der Waals surface area (Å²) in [7, 11) is 3.23. The molecule has 5 heteroatoms. The van der Waals surface area contributed by atoms with E-state index in [-0.39, 0.29) is 6.03 Å². The number of carbonyl (C=O) groups is 1. The van der Waals surface area contributed by atoms with E-state index < -0.39 is 5.54 Å². The average Bonchev–Trinajstić information content (AvgIpc) is 2.53. The number of carbonyl (C=O) groups excluding carboxylic acids is 1. The molecule has 1 aliphatic heterocycles. The van der Waals surface area contributed by atoms with Crippen LogP contribution < -0.4 is 14.8 Å². The number of urea groups is 1. The highest BCUT2D eigenvalue weighted by Crippen LogP contribution is 2.32. The lowest BCUT2D eigenvalue weighted by atomic mass is 9.93. The topological polar surface area (TPSA) is 50.8 Å². The summed E-state index contributed by atoms with van der Waals surface area (Å²) in [6, 6.07) is 5.74. The Bertz CT molecular complexity index is 557. The minimum absolute atomic E-state index is 0.00339. The molecule has 128 valence electrons. The number of rotatable bonds is 4. The van der Waals surface area contributed by atoms with Gasteiger partial charge in [-0.15, -0.1) is 0 Å². The van der Waals surface area contributed by atoms with Gasteiger partial charge >= 0.3 is 6.03 Å². The summed E-state index contributed by atoms with van der Waals surface area (Å²) in [6.07, 6.45) is 2.27. The van der Waals surface area contributed by atoms with Gasteiger partial charge in [0.25, 0.3) is 0 Å². The zero-order valence-electron chi connectivity index (χ0n) is 14.8. The van der Waals surface area contributed by atoms with Crippen LogP contribution in [-0.2, 0) is 5.54 Å². The van der Waals surface area contributed by atoms with Crippen LogP contribution in [0.15, 0.2) is 18.2 Å². The second kappa shape index (κ2) is 7.11. The highest BCUT2D eigenvalue weighted by atomic mass is 16.5. The first-order valence-electron chi connectivity index (χ1n) is 8.17. The first-order valence-corrected chi connectivity index (χ1v) is 8.17. The summed E-state index contributed by atoms with van der Waals surface area (Å²) < 4.78 is 10.6. The van der Waals surface area contributed by atoms with Gasteiger partial charge in [0, 0.05) is 13.1 Å². The first kappa shape index (κ1) is 17.4. The van der Waals surface area contributed by atoms with Gasteiger partial charge in [-0.3, -0.25) is 0 Å². The van der Waals surface area contributed by atoms with Gasteiger partial charge in [0.15, 0.2) is 11.5 Å². The Hall–Kier alpha value is -1.91. The largest absolute Gasteiger partial charge is 0.493 e. The van der Waals surface area contributed by atoms with Crippen molar-refractivity contribution in [1.29, 1.82) is 0 Å². The fourth-order valence-corrected chi connectivity index (χ4v) is 3.02. The number of nitrogens with one attached hydrogen (secondary N) is 1. The van der Waals surface area contributed by atoms with Crippen molar-refractivity contribution in [2.75, 3.05) is 27.3 Å². The number of benzene rings is 1. The fourth-order valence-electron chi connectivity index (χ4n) is 3.02. The van der Waals surface area contributed by atoms with Crippen molar-refractivity contribution in [3.05, 3.63) is 23.8 Å². The van der Waals surface area contributed by atoms with Crippen LogP contribution in [0.25, 0.3) is 0 Å². The highest BCUT2D eigenvalue weighted by molar-refractivity contribution is 5.75. The number of methoxy groups -OCH3 is 2. The van der Waals surface area contributed by atoms with E-state index in [0.717, 1.165) is 25.1 Å². The number of nitrogens with zero attached hydrogens (tertiary/aromatic N) is 1. The number of piperidine rings is 1. The molecule has 1 aromatic rings. The molecule has 2 rings (SSSR count). The van der Waals surface area contributed by atoms with Gasteiger partial charge in [-0.1, -0.05) is 13.0 Å². The molecule has 0 spiro atoms. The molecule has 1 unspecified atom stereocenters. The number of hydrogen-bond donors (Lipinski definition) is 1. The van der Waals surface area contributed by atoms with Crippen molar-refractivity contribution < 1.29 is 14.3 Å². The maximum absolute atomic E-state index is 12.6. The van der Waals surface area contributed by atoms with Crippen molar-refractivity contribution in [2.45, 2.75) is 39.2 Å². The summed E-state index contributed by atoms with van der Waals surface area (Å²) in [5.74, 6) is 1.92. The molecule has 23 heavy (non-hydrogen) atoms. The Balaban J connectivity index is 2.13. The first-order chi connectivity index (χ1) is 10.9. The van der Waals surface area contributed by atoms with E-state index in [1.54, 1.807) is 14.2 Å². The van der Waals surface area contributed by atoms with Crippen LogP contribution in [0.2, 0.25) is 0 Å². The standard InChI is InChI=1S/C18H28N2O3/c1-13-7-6-10-20(12-13)17(21)19-18(2,3)14-8-9-15(22-4)16(11-14)23-5/h8-9,11,13H,6-7,10,12H2,1-5H3,(H,19,21). The van der Waals surface area contributed by atoms with Crippen LogP contribution in [0.3, 0.4) is 0 Å². The van der Waals surface area contributed by atoms with Crippen molar-refractivity contribution in [1.82, 2.24) is 10.2 Å². The van der Waals surface area contributed by atoms with Crippen LogP contribution in [0.5, 0.6) is 11.5 Å². The molecule has 1 aromatic carbocycles. The molecule has 1 atom stereocenters. The lowest BCUT2D eigenvalue weighted by Crippen LogP contribution is -2.51. The van der Waals surface area contributed by atoms with E-state index in [9.17, 15) is 4.79 Å². The lowest BCUT2D eigenvalue weighted by Gasteiger charge is -2.35. The smallest absolute Gasteiger partial charge is 0.318 e. The van der Waals surface area contributed by atoms with E-state index in [4.69, 9.17) is 9.47 Å². The summed E-state index contributed by atoms with van der Waals surface area (Å²) in [5, 5.41) is 3.14. The van der Waals surface area contributed by atoms with Crippen LogP contribution in [0.4, 0.5) is 4.79 Å². The van der Waals surface area contributed by atoms with Crippen molar-refractivity contribution in [3.63, 3.8) is 0 Å². The maximum Gasteiger partial charge on any atom is 0.318 e. The van der Waals surface area contributed by atoms with Crippen molar-refractivity contribution in [3.8, 4) is 11.5 Å². The number of ether oxygens (including phenoxy) is 2. The Morgan fingerprint density at radius 1 is 1.26 bits per heavy atom. The minimum atomic E-state index is -0.489. The van der Waals surface area contributed by atoms with Crippen LogP contribution >= 0.6 is 0 Å². The molecule has 1 aliphatic rings. The average molecular weight is 320 g/mol. The highest BCUT2D eigenvalue weighted by Gasteiger charge is 2.28. The molecule has 0 saturated carbocycles.